The molecule has 1 fully saturated rings. The van der Waals surface area contributed by atoms with E-state index < -0.39 is 5.60 Å². The molecule has 1 unspecified atom stereocenters. The van der Waals surface area contributed by atoms with Crippen molar-refractivity contribution in [1.82, 2.24) is 0 Å². The van der Waals surface area contributed by atoms with Crippen molar-refractivity contribution in [1.29, 1.82) is 0 Å². The van der Waals surface area contributed by atoms with E-state index in [1.807, 2.05) is 26.0 Å². The molecule has 94 valence electrons. The Balaban J connectivity index is 2.09. The van der Waals surface area contributed by atoms with Gasteiger partial charge in [0.05, 0.1) is 17.8 Å². The van der Waals surface area contributed by atoms with Crippen molar-refractivity contribution in [3.63, 3.8) is 0 Å². The second kappa shape index (κ2) is 4.31. The fourth-order valence-electron chi connectivity index (χ4n) is 2.59. The molecule has 0 spiro atoms. The van der Waals surface area contributed by atoms with Crippen LogP contribution in [-0.4, -0.2) is 28.0 Å². The number of hydrogen-bond donors (Lipinski definition) is 2. The van der Waals surface area contributed by atoms with Crippen LogP contribution in [0.3, 0.4) is 0 Å². The molecule has 3 nitrogen and oxygen atoms in total. The quantitative estimate of drug-likeness (QED) is 0.828. The lowest BCUT2D eigenvalue weighted by Gasteiger charge is -2.41. The molecular weight excluding hydrogens is 216 g/mol. The zero-order chi connectivity index (χ0) is 12.5. The molecule has 0 saturated carbocycles. The van der Waals surface area contributed by atoms with Gasteiger partial charge in [-0.1, -0.05) is 12.1 Å². The SMILES string of the molecule is CC1(C)CC(O)(Cc2ccc(O)cc2)CCO1. The van der Waals surface area contributed by atoms with Gasteiger partial charge in [-0.3, -0.25) is 0 Å². The van der Waals surface area contributed by atoms with Crippen LogP contribution in [0, 0.1) is 0 Å². The summed E-state index contributed by atoms with van der Waals surface area (Å²) in [5, 5.41) is 19.8. The summed E-state index contributed by atoms with van der Waals surface area (Å²) in [6, 6.07) is 7.03. The number of rotatable bonds is 2. The summed E-state index contributed by atoms with van der Waals surface area (Å²) in [4.78, 5) is 0. The molecule has 3 heteroatoms. The molecule has 1 aromatic carbocycles. The van der Waals surface area contributed by atoms with Gasteiger partial charge in [-0.05, 0) is 38.0 Å². The van der Waals surface area contributed by atoms with E-state index >= 15 is 0 Å². The van der Waals surface area contributed by atoms with E-state index in [1.165, 1.54) is 0 Å². The van der Waals surface area contributed by atoms with Crippen molar-refractivity contribution >= 4 is 0 Å². The van der Waals surface area contributed by atoms with Crippen LogP contribution in [-0.2, 0) is 11.2 Å². The highest BCUT2D eigenvalue weighted by Crippen LogP contribution is 2.34. The number of hydrogen-bond acceptors (Lipinski definition) is 3. The Morgan fingerprint density at radius 3 is 2.47 bits per heavy atom. The van der Waals surface area contributed by atoms with E-state index in [2.05, 4.69) is 0 Å². The Hall–Kier alpha value is -1.06. The number of aromatic hydroxyl groups is 1. The van der Waals surface area contributed by atoms with Crippen molar-refractivity contribution in [3.8, 4) is 5.75 Å². The second-order valence-corrected chi connectivity index (χ2v) is 5.60. The Bertz CT molecular complexity index is 383. The van der Waals surface area contributed by atoms with Gasteiger partial charge in [-0.15, -0.1) is 0 Å². The maximum Gasteiger partial charge on any atom is 0.115 e. The van der Waals surface area contributed by atoms with Gasteiger partial charge in [-0.2, -0.15) is 0 Å². The molecule has 1 aliphatic heterocycles. The van der Waals surface area contributed by atoms with E-state index in [0.717, 1.165) is 5.56 Å². The molecule has 1 aromatic rings. The lowest BCUT2D eigenvalue weighted by Crippen LogP contribution is -2.47. The maximum absolute atomic E-state index is 10.6. The number of phenolic OH excluding ortho intramolecular Hbond substituents is 1. The standard InChI is InChI=1S/C14H20O3/c1-13(2)10-14(16,7-8-17-13)9-11-3-5-12(15)6-4-11/h3-6,15-16H,7-10H2,1-2H3. The van der Waals surface area contributed by atoms with Gasteiger partial charge in [0.1, 0.15) is 5.75 Å². The van der Waals surface area contributed by atoms with Gasteiger partial charge < -0.3 is 14.9 Å². The van der Waals surface area contributed by atoms with Crippen LogP contribution in [0.4, 0.5) is 0 Å². The van der Waals surface area contributed by atoms with Crippen LogP contribution in [0.15, 0.2) is 24.3 Å². The van der Waals surface area contributed by atoms with Crippen LogP contribution >= 0.6 is 0 Å². The zero-order valence-corrected chi connectivity index (χ0v) is 10.4. The Labute approximate surface area is 102 Å². The molecule has 0 aromatic heterocycles. The molecule has 0 bridgehead atoms. The molecule has 2 N–H and O–H groups in total. The van der Waals surface area contributed by atoms with Crippen molar-refractivity contribution in [2.24, 2.45) is 0 Å². The molecule has 0 radical (unpaired) electrons. The average molecular weight is 236 g/mol. The minimum atomic E-state index is -0.696. The van der Waals surface area contributed by atoms with E-state index in [-0.39, 0.29) is 11.4 Å². The summed E-state index contributed by atoms with van der Waals surface area (Å²) in [6.07, 6.45) is 1.91. The lowest BCUT2D eigenvalue weighted by atomic mass is 9.80. The largest absolute Gasteiger partial charge is 0.508 e. The second-order valence-electron chi connectivity index (χ2n) is 5.60. The van der Waals surface area contributed by atoms with Gasteiger partial charge >= 0.3 is 0 Å². The maximum atomic E-state index is 10.6. The van der Waals surface area contributed by atoms with E-state index in [1.54, 1.807) is 12.1 Å². The first-order chi connectivity index (χ1) is 7.89. The van der Waals surface area contributed by atoms with Crippen molar-refractivity contribution in [3.05, 3.63) is 29.8 Å². The fourth-order valence-corrected chi connectivity index (χ4v) is 2.59. The van der Waals surface area contributed by atoms with Gasteiger partial charge in [0.15, 0.2) is 0 Å². The van der Waals surface area contributed by atoms with Crippen molar-refractivity contribution in [2.75, 3.05) is 6.61 Å². The number of aliphatic hydroxyl groups is 1. The monoisotopic (exact) mass is 236 g/mol. The Morgan fingerprint density at radius 1 is 1.24 bits per heavy atom. The third-order valence-corrected chi connectivity index (χ3v) is 3.28. The van der Waals surface area contributed by atoms with Crippen molar-refractivity contribution < 1.29 is 14.9 Å². The van der Waals surface area contributed by atoms with Gasteiger partial charge in [0.25, 0.3) is 0 Å². The van der Waals surface area contributed by atoms with Crippen LogP contribution in [0.5, 0.6) is 5.75 Å². The molecule has 17 heavy (non-hydrogen) atoms. The third-order valence-electron chi connectivity index (χ3n) is 3.28. The minimum Gasteiger partial charge on any atom is -0.508 e. The lowest BCUT2D eigenvalue weighted by molar-refractivity contribution is -0.143. The number of phenols is 1. The highest BCUT2D eigenvalue weighted by Gasteiger charge is 2.39. The van der Waals surface area contributed by atoms with Gasteiger partial charge in [0.2, 0.25) is 0 Å². The first-order valence-electron chi connectivity index (χ1n) is 6.03. The van der Waals surface area contributed by atoms with Crippen LogP contribution in [0.2, 0.25) is 0 Å². The predicted molar refractivity (Wildman–Crippen MR) is 66.0 cm³/mol. The van der Waals surface area contributed by atoms with Gasteiger partial charge in [-0.25, -0.2) is 0 Å². The highest BCUT2D eigenvalue weighted by molar-refractivity contribution is 5.27. The number of ether oxygens (including phenoxy) is 1. The summed E-state index contributed by atoms with van der Waals surface area (Å²) >= 11 is 0. The van der Waals surface area contributed by atoms with Crippen LogP contribution in [0.25, 0.3) is 0 Å². The van der Waals surface area contributed by atoms with Gasteiger partial charge in [0, 0.05) is 12.8 Å². The summed E-state index contributed by atoms with van der Waals surface area (Å²) in [5.41, 5.74) is 0.0887. The van der Waals surface area contributed by atoms with Crippen LogP contribution in [0.1, 0.15) is 32.3 Å². The van der Waals surface area contributed by atoms with Crippen LogP contribution < -0.4 is 0 Å². The molecule has 0 aliphatic carbocycles. The summed E-state index contributed by atoms with van der Waals surface area (Å²) < 4.78 is 5.62. The minimum absolute atomic E-state index is 0.257. The number of benzene rings is 1. The highest BCUT2D eigenvalue weighted by atomic mass is 16.5. The predicted octanol–water partition coefficient (Wildman–Crippen LogP) is 2.25. The van der Waals surface area contributed by atoms with E-state index in [0.29, 0.717) is 25.9 Å². The molecule has 1 saturated heterocycles. The van der Waals surface area contributed by atoms with Crippen molar-refractivity contribution in [2.45, 2.75) is 44.3 Å². The molecule has 1 atom stereocenters. The molecule has 0 amide bonds. The Morgan fingerprint density at radius 2 is 1.88 bits per heavy atom. The molecule has 1 heterocycles. The van der Waals surface area contributed by atoms with E-state index in [4.69, 9.17) is 4.74 Å². The molecule has 1 aliphatic rings. The molecule has 2 rings (SSSR count). The fraction of sp³-hybridized carbons (Fsp3) is 0.571. The Kier molecular flexibility index (Phi) is 3.15. The summed E-state index contributed by atoms with van der Waals surface area (Å²) in [7, 11) is 0. The van der Waals surface area contributed by atoms with E-state index in [9.17, 15) is 10.2 Å². The summed E-state index contributed by atoms with van der Waals surface area (Å²) in [5.74, 6) is 0.257. The normalized spacial score (nSPS) is 27.9. The first-order valence-corrected chi connectivity index (χ1v) is 6.03. The average Bonchev–Trinajstić information content (AvgIpc) is 2.19. The summed E-state index contributed by atoms with van der Waals surface area (Å²) in [6.45, 7) is 4.61. The smallest absolute Gasteiger partial charge is 0.115 e. The first kappa shape index (κ1) is 12.4. The third kappa shape index (κ3) is 3.20. The molecular formula is C14H20O3. The zero-order valence-electron chi connectivity index (χ0n) is 10.4. The topological polar surface area (TPSA) is 49.7 Å².